The van der Waals surface area contributed by atoms with Crippen molar-refractivity contribution in [2.45, 2.75) is 39.2 Å². The smallest absolute Gasteiger partial charge is 0.295 e. The number of amides is 1. The number of aliphatic hydroxyl groups is 1. The van der Waals surface area contributed by atoms with Gasteiger partial charge >= 0.3 is 0 Å². The molecule has 3 rings (SSSR count). The maximum atomic E-state index is 13.2. The Hall–Kier alpha value is -3.72. The van der Waals surface area contributed by atoms with E-state index >= 15 is 0 Å². The summed E-state index contributed by atoms with van der Waals surface area (Å²) in [6.07, 6.45) is 2.55. The van der Waals surface area contributed by atoms with E-state index in [-0.39, 0.29) is 17.0 Å². The van der Waals surface area contributed by atoms with Crippen LogP contribution in [0.15, 0.2) is 48.0 Å². The second kappa shape index (κ2) is 11.8. The predicted molar refractivity (Wildman–Crippen MR) is 137 cm³/mol. The first-order valence-electron chi connectivity index (χ1n) is 12.1. The maximum absolute atomic E-state index is 13.2. The summed E-state index contributed by atoms with van der Waals surface area (Å²) in [5, 5.41) is 22.4. The first-order valence-corrected chi connectivity index (χ1v) is 12.1. The normalized spacial score (nSPS) is 17.1. The number of nitrogens with zero attached hydrogens (tertiary/aromatic N) is 3. The van der Waals surface area contributed by atoms with Crippen LogP contribution in [0.4, 0.5) is 5.69 Å². The number of aliphatic hydroxyl groups excluding tert-OH is 1. The second-order valence-electron chi connectivity index (χ2n) is 9.18. The van der Waals surface area contributed by atoms with Crippen LogP contribution in [0.5, 0.6) is 5.75 Å². The molecule has 9 heteroatoms. The van der Waals surface area contributed by atoms with E-state index in [1.165, 1.54) is 29.2 Å². The minimum atomic E-state index is -0.853. The van der Waals surface area contributed by atoms with Crippen molar-refractivity contribution in [3.05, 3.63) is 74.8 Å². The molecule has 0 saturated carbocycles. The molecule has 1 aliphatic rings. The zero-order chi connectivity index (χ0) is 26.4. The summed E-state index contributed by atoms with van der Waals surface area (Å²) in [6, 6.07) is 10.00. The Kier molecular flexibility index (Phi) is 8.82. The van der Waals surface area contributed by atoms with Crippen molar-refractivity contribution in [3.8, 4) is 5.75 Å². The summed E-state index contributed by atoms with van der Waals surface area (Å²) < 4.78 is 5.79. The highest BCUT2D eigenvalue weighted by atomic mass is 16.6. The van der Waals surface area contributed by atoms with Gasteiger partial charge in [0.1, 0.15) is 11.5 Å². The number of carbonyl (C=O) groups is 2. The number of non-ortho nitro benzene ring substituents is 1. The van der Waals surface area contributed by atoms with Crippen LogP contribution in [0.3, 0.4) is 0 Å². The van der Waals surface area contributed by atoms with Gasteiger partial charge in [-0.05, 0) is 81.9 Å². The minimum Gasteiger partial charge on any atom is -0.507 e. The van der Waals surface area contributed by atoms with E-state index in [2.05, 4.69) is 6.92 Å². The number of nitro groups is 1. The van der Waals surface area contributed by atoms with Gasteiger partial charge in [0.15, 0.2) is 0 Å². The van der Waals surface area contributed by atoms with Crippen molar-refractivity contribution in [2.75, 3.05) is 33.8 Å². The summed E-state index contributed by atoms with van der Waals surface area (Å²) in [7, 11) is 3.83. The Morgan fingerprint density at radius 2 is 1.83 bits per heavy atom. The summed E-state index contributed by atoms with van der Waals surface area (Å²) in [6.45, 7) is 5.51. The lowest BCUT2D eigenvalue weighted by Gasteiger charge is -2.26. The number of hydrogen-bond donors (Lipinski definition) is 1. The number of carbonyl (C=O) groups excluding carboxylic acids is 2. The Balaban J connectivity index is 2.04. The van der Waals surface area contributed by atoms with E-state index in [1.54, 1.807) is 18.2 Å². The number of ether oxygens (including phenoxy) is 1. The molecular weight excluding hydrogens is 462 g/mol. The van der Waals surface area contributed by atoms with Gasteiger partial charge in [0.25, 0.3) is 17.4 Å². The lowest BCUT2D eigenvalue weighted by Crippen LogP contribution is -2.32. The molecule has 0 bridgehead atoms. The van der Waals surface area contributed by atoms with Gasteiger partial charge in [-0.3, -0.25) is 19.7 Å². The van der Waals surface area contributed by atoms with E-state index in [0.29, 0.717) is 43.0 Å². The first-order chi connectivity index (χ1) is 17.1. The highest BCUT2D eigenvalue weighted by Crippen LogP contribution is 2.40. The van der Waals surface area contributed by atoms with Gasteiger partial charge in [-0.15, -0.1) is 0 Å². The van der Waals surface area contributed by atoms with Crippen LogP contribution < -0.4 is 4.74 Å². The highest BCUT2D eigenvalue weighted by molar-refractivity contribution is 6.46. The van der Waals surface area contributed by atoms with Crippen LogP contribution in [0.2, 0.25) is 0 Å². The van der Waals surface area contributed by atoms with E-state index < -0.39 is 22.7 Å². The lowest BCUT2D eigenvalue weighted by molar-refractivity contribution is -0.384. The number of benzene rings is 2. The molecule has 192 valence electrons. The molecule has 1 saturated heterocycles. The van der Waals surface area contributed by atoms with Crippen LogP contribution in [0.1, 0.15) is 48.9 Å². The third kappa shape index (κ3) is 5.91. The number of unbranched alkanes of at least 4 members (excludes halogenated alkanes) is 1. The molecule has 1 fully saturated rings. The van der Waals surface area contributed by atoms with Crippen LogP contribution in [0, 0.1) is 17.0 Å². The Morgan fingerprint density at radius 1 is 1.14 bits per heavy atom. The van der Waals surface area contributed by atoms with Gasteiger partial charge in [0, 0.05) is 24.2 Å². The predicted octanol–water partition coefficient (Wildman–Crippen LogP) is 4.46. The van der Waals surface area contributed by atoms with Gasteiger partial charge in [-0.1, -0.05) is 13.3 Å². The Bertz CT molecular complexity index is 1160. The van der Waals surface area contributed by atoms with E-state index in [4.69, 9.17) is 4.74 Å². The van der Waals surface area contributed by atoms with Crippen molar-refractivity contribution in [1.29, 1.82) is 0 Å². The lowest BCUT2D eigenvalue weighted by atomic mass is 9.94. The van der Waals surface area contributed by atoms with Gasteiger partial charge in [-0.2, -0.15) is 0 Å². The van der Waals surface area contributed by atoms with Crippen LogP contribution in [-0.2, 0) is 9.59 Å². The van der Waals surface area contributed by atoms with E-state index in [1.807, 2.05) is 25.9 Å². The fourth-order valence-corrected chi connectivity index (χ4v) is 4.23. The van der Waals surface area contributed by atoms with Gasteiger partial charge in [0.05, 0.1) is 23.1 Å². The molecule has 9 nitrogen and oxygen atoms in total. The number of hydrogen-bond acceptors (Lipinski definition) is 7. The second-order valence-corrected chi connectivity index (χ2v) is 9.18. The summed E-state index contributed by atoms with van der Waals surface area (Å²) in [5.41, 5.74) is 1.58. The fourth-order valence-electron chi connectivity index (χ4n) is 4.23. The quantitative estimate of drug-likeness (QED) is 0.122. The Labute approximate surface area is 211 Å². The van der Waals surface area contributed by atoms with Crippen molar-refractivity contribution < 1.29 is 24.4 Å². The number of Topliss-reactive ketones (excluding diaryl/α,β-unsaturated/α-hetero) is 1. The molecule has 1 aliphatic heterocycles. The van der Waals surface area contributed by atoms with Crippen molar-refractivity contribution in [3.63, 3.8) is 0 Å². The molecule has 0 spiro atoms. The van der Waals surface area contributed by atoms with Gasteiger partial charge in [0.2, 0.25) is 0 Å². The number of nitro benzene ring substituents is 1. The third-order valence-corrected chi connectivity index (χ3v) is 6.17. The van der Waals surface area contributed by atoms with Crippen LogP contribution in [0.25, 0.3) is 5.76 Å². The molecule has 2 aromatic carbocycles. The number of aryl methyl sites for hydroxylation is 1. The van der Waals surface area contributed by atoms with E-state index in [9.17, 15) is 24.8 Å². The molecule has 1 atom stereocenters. The summed E-state index contributed by atoms with van der Waals surface area (Å²) in [4.78, 5) is 40.2. The average molecular weight is 496 g/mol. The average Bonchev–Trinajstić information content (AvgIpc) is 3.09. The van der Waals surface area contributed by atoms with Gasteiger partial charge in [-0.25, -0.2) is 0 Å². The molecule has 1 heterocycles. The van der Waals surface area contributed by atoms with Crippen LogP contribution in [-0.4, -0.2) is 65.3 Å². The molecule has 0 aromatic heterocycles. The monoisotopic (exact) mass is 495 g/mol. The van der Waals surface area contributed by atoms with Crippen molar-refractivity contribution in [2.24, 2.45) is 0 Å². The fraction of sp³-hybridized carbons (Fsp3) is 0.407. The maximum Gasteiger partial charge on any atom is 0.295 e. The summed E-state index contributed by atoms with van der Waals surface area (Å²) >= 11 is 0. The van der Waals surface area contributed by atoms with Crippen LogP contribution >= 0.6 is 0 Å². The van der Waals surface area contributed by atoms with E-state index in [0.717, 1.165) is 18.4 Å². The molecular formula is C27H33N3O6. The number of ketones is 1. The minimum absolute atomic E-state index is 0.0299. The summed E-state index contributed by atoms with van der Waals surface area (Å²) in [5.74, 6) is -1.07. The zero-order valence-corrected chi connectivity index (χ0v) is 21.2. The molecule has 1 unspecified atom stereocenters. The first kappa shape index (κ1) is 26.9. The van der Waals surface area contributed by atoms with Gasteiger partial charge < -0.3 is 19.6 Å². The molecule has 36 heavy (non-hydrogen) atoms. The largest absolute Gasteiger partial charge is 0.507 e. The number of rotatable bonds is 11. The Morgan fingerprint density at radius 3 is 2.42 bits per heavy atom. The highest BCUT2D eigenvalue weighted by Gasteiger charge is 2.45. The molecule has 2 aromatic rings. The SMILES string of the molecule is CCCCOc1ccc(C(O)=C2C(=O)C(=O)N(CCCN(C)C)C2c2ccc([N+](=O)[O-])cc2)cc1C. The molecule has 0 aliphatic carbocycles. The van der Waals surface area contributed by atoms with Crippen molar-refractivity contribution >= 4 is 23.1 Å². The number of likely N-dealkylation sites (tertiary alicyclic amines) is 1. The molecule has 0 radical (unpaired) electrons. The van der Waals surface area contributed by atoms with Crippen molar-refractivity contribution in [1.82, 2.24) is 9.80 Å². The molecule has 1 N–H and O–H groups in total. The third-order valence-electron chi connectivity index (χ3n) is 6.17. The topological polar surface area (TPSA) is 113 Å². The zero-order valence-electron chi connectivity index (χ0n) is 21.2. The standard InChI is InChI=1S/C27H33N3O6/c1-5-6-16-36-22-13-10-20(17-18(22)2)25(31)23-24(19-8-11-21(12-9-19)30(34)35)29(27(33)26(23)32)15-7-14-28(3)4/h8-13,17,24,31H,5-7,14-16H2,1-4H3. The molecule has 1 amide bonds.